The quantitative estimate of drug-likeness (QED) is 0.553. The lowest BCUT2D eigenvalue weighted by molar-refractivity contribution is -0.138. The number of carboxylic acids is 1. The summed E-state index contributed by atoms with van der Waals surface area (Å²) in [5.74, 6) is -0.239. The van der Waals surface area contributed by atoms with Crippen LogP contribution in [0.25, 0.3) is 0 Å². The maximum atomic E-state index is 11.8. The van der Waals surface area contributed by atoms with Gasteiger partial charge in [-0.05, 0) is 37.1 Å². The number of ether oxygens (including phenoxy) is 1. The molecule has 0 spiro atoms. The molecule has 19 heavy (non-hydrogen) atoms. The van der Waals surface area contributed by atoms with Gasteiger partial charge in [0.15, 0.2) is 5.78 Å². The third-order valence-corrected chi connectivity index (χ3v) is 2.90. The Bertz CT molecular complexity index is 428. The Hall–Kier alpha value is -1.88. The summed E-state index contributed by atoms with van der Waals surface area (Å²) in [7, 11) is 1.57. The fourth-order valence-corrected chi connectivity index (χ4v) is 1.69. The highest BCUT2D eigenvalue weighted by molar-refractivity contribution is 5.96. The number of carbonyl (C=O) groups excluding carboxylic acids is 1. The van der Waals surface area contributed by atoms with E-state index in [0.717, 1.165) is 0 Å². The Kier molecular flexibility index (Phi) is 6.02. The predicted octanol–water partition coefficient (Wildman–Crippen LogP) is 1.85. The van der Waals surface area contributed by atoms with Crippen molar-refractivity contribution in [3.05, 3.63) is 29.8 Å². The first-order chi connectivity index (χ1) is 9.04. The zero-order valence-corrected chi connectivity index (χ0v) is 11.0. The molecular weight excluding hydrogens is 246 g/mol. The van der Waals surface area contributed by atoms with Gasteiger partial charge in [-0.15, -0.1) is 0 Å². The molecule has 5 nitrogen and oxygen atoms in total. The predicted molar refractivity (Wildman–Crippen MR) is 71.4 cm³/mol. The van der Waals surface area contributed by atoms with Crippen molar-refractivity contribution in [1.82, 2.24) is 0 Å². The first kappa shape index (κ1) is 15.2. The minimum absolute atomic E-state index is 0.0477. The second-order valence-corrected chi connectivity index (χ2v) is 4.34. The van der Waals surface area contributed by atoms with Crippen LogP contribution >= 0.6 is 0 Å². The van der Waals surface area contributed by atoms with Crippen LogP contribution in [0, 0.1) is 0 Å². The van der Waals surface area contributed by atoms with E-state index in [1.54, 1.807) is 31.4 Å². The molecule has 1 rings (SSSR count). The summed E-state index contributed by atoms with van der Waals surface area (Å²) in [6.07, 6.45) is 2.07. The van der Waals surface area contributed by atoms with Gasteiger partial charge in [0.1, 0.15) is 11.8 Å². The van der Waals surface area contributed by atoms with Gasteiger partial charge in [0, 0.05) is 12.0 Å². The van der Waals surface area contributed by atoms with Crippen LogP contribution in [0.2, 0.25) is 0 Å². The molecule has 0 saturated heterocycles. The van der Waals surface area contributed by atoms with Crippen LogP contribution in [0.4, 0.5) is 0 Å². The fourth-order valence-electron chi connectivity index (χ4n) is 1.69. The molecule has 0 aliphatic rings. The molecule has 0 aromatic heterocycles. The van der Waals surface area contributed by atoms with Crippen molar-refractivity contribution in [2.75, 3.05) is 7.11 Å². The Morgan fingerprint density at radius 1 is 1.26 bits per heavy atom. The SMILES string of the molecule is COc1ccc(C(=O)CCCCC(N)C(=O)O)cc1. The number of unbranched alkanes of at least 4 members (excludes halogenated alkanes) is 1. The van der Waals surface area contributed by atoms with Crippen molar-refractivity contribution in [3.8, 4) is 5.75 Å². The first-order valence-corrected chi connectivity index (χ1v) is 6.20. The maximum Gasteiger partial charge on any atom is 0.320 e. The van der Waals surface area contributed by atoms with Gasteiger partial charge in [0.25, 0.3) is 0 Å². The standard InChI is InChI=1S/C14H19NO4/c1-19-11-8-6-10(7-9-11)13(16)5-3-2-4-12(15)14(17)18/h6-9,12H,2-5,15H2,1H3,(H,17,18). The van der Waals surface area contributed by atoms with Gasteiger partial charge in [-0.1, -0.05) is 6.42 Å². The van der Waals surface area contributed by atoms with E-state index in [1.807, 2.05) is 0 Å². The number of hydrogen-bond donors (Lipinski definition) is 2. The third-order valence-electron chi connectivity index (χ3n) is 2.90. The van der Waals surface area contributed by atoms with Crippen LogP contribution in [0.3, 0.4) is 0 Å². The molecule has 1 aromatic rings. The second-order valence-electron chi connectivity index (χ2n) is 4.34. The van der Waals surface area contributed by atoms with Crippen molar-refractivity contribution in [1.29, 1.82) is 0 Å². The molecule has 104 valence electrons. The molecule has 1 aromatic carbocycles. The number of hydrogen-bond acceptors (Lipinski definition) is 4. The Labute approximate surface area is 112 Å². The lowest BCUT2D eigenvalue weighted by Gasteiger charge is -2.06. The largest absolute Gasteiger partial charge is 0.497 e. The molecule has 1 atom stereocenters. The molecule has 1 unspecified atom stereocenters. The number of Topliss-reactive ketones (excluding diaryl/α,β-unsaturated/α-hetero) is 1. The average molecular weight is 265 g/mol. The van der Waals surface area contributed by atoms with Crippen molar-refractivity contribution in [2.24, 2.45) is 5.73 Å². The average Bonchev–Trinajstić information content (AvgIpc) is 2.43. The fraction of sp³-hybridized carbons (Fsp3) is 0.429. The van der Waals surface area contributed by atoms with Crippen LogP contribution in [0.5, 0.6) is 5.75 Å². The van der Waals surface area contributed by atoms with Gasteiger partial charge in [0.05, 0.1) is 7.11 Å². The topological polar surface area (TPSA) is 89.6 Å². The molecule has 3 N–H and O–H groups in total. The molecular formula is C14H19NO4. The summed E-state index contributed by atoms with van der Waals surface area (Å²) in [6.45, 7) is 0. The number of methoxy groups -OCH3 is 1. The van der Waals surface area contributed by atoms with Crippen molar-refractivity contribution >= 4 is 11.8 Å². The number of aliphatic carboxylic acids is 1. The molecule has 0 heterocycles. The van der Waals surface area contributed by atoms with Gasteiger partial charge < -0.3 is 15.6 Å². The highest BCUT2D eigenvalue weighted by Crippen LogP contribution is 2.14. The summed E-state index contributed by atoms with van der Waals surface area (Å²) in [5.41, 5.74) is 6.02. The van der Waals surface area contributed by atoms with Crippen LogP contribution < -0.4 is 10.5 Å². The van der Waals surface area contributed by atoms with Crippen molar-refractivity contribution in [2.45, 2.75) is 31.7 Å². The molecule has 0 amide bonds. The van der Waals surface area contributed by atoms with E-state index in [2.05, 4.69) is 0 Å². The van der Waals surface area contributed by atoms with Gasteiger partial charge in [0.2, 0.25) is 0 Å². The Morgan fingerprint density at radius 3 is 2.42 bits per heavy atom. The van der Waals surface area contributed by atoms with Gasteiger partial charge >= 0.3 is 5.97 Å². The molecule has 0 fully saturated rings. The van der Waals surface area contributed by atoms with Crippen LogP contribution in [0.15, 0.2) is 24.3 Å². The van der Waals surface area contributed by atoms with Crippen LogP contribution in [0.1, 0.15) is 36.0 Å². The van der Waals surface area contributed by atoms with Gasteiger partial charge in [-0.2, -0.15) is 0 Å². The van der Waals surface area contributed by atoms with E-state index in [1.165, 1.54) is 0 Å². The number of benzene rings is 1. The molecule has 0 saturated carbocycles. The zero-order valence-electron chi connectivity index (χ0n) is 11.0. The zero-order chi connectivity index (χ0) is 14.3. The third kappa shape index (κ3) is 5.09. The lowest BCUT2D eigenvalue weighted by Crippen LogP contribution is -2.29. The molecule has 5 heteroatoms. The second kappa shape index (κ2) is 7.53. The molecule has 0 bridgehead atoms. The van der Waals surface area contributed by atoms with E-state index in [9.17, 15) is 9.59 Å². The molecule has 0 aliphatic carbocycles. The van der Waals surface area contributed by atoms with E-state index in [0.29, 0.717) is 37.0 Å². The van der Waals surface area contributed by atoms with Crippen molar-refractivity contribution in [3.63, 3.8) is 0 Å². The van der Waals surface area contributed by atoms with Crippen LogP contribution in [-0.2, 0) is 4.79 Å². The lowest BCUT2D eigenvalue weighted by atomic mass is 10.0. The summed E-state index contributed by atoms with van der Waals surface area (Å²) in [4.78, 5) is 22.3. The number of carbonyl (C=O) groups is 2. The van der Waals surface area contributed by atoms with Crippen LogP contribution in [-0.4, -0.2) is 30.0 Å². The minimum Gasteiger partial charge on any atom is -0.497 e. The normalized spacial score (nSPS) is 11.9. The summed E-state index contributed by atoms with van der Waals surface area (Å²) < 4.78 is 5.02. The minimum atomic E-state index is -0.999. The highest BCUT2D eigenvalue weighted by atomic mass is 16.5. The van der Waals surface area contributed by atoms with Crippen molar-refractivity contribution < 1.29 is 19.4 Å². The molecule has 0 aliphatic heterocycles. The maximum absolute atomic E-state index is 11.8. The summed E-state index contributed by atoms with van der Waals surface area (Å²) >= 11 is 0. The number of carboxylic acid groups (broad SMARTS) is 1. The summed E-state index contributed by atoms with van der Waals surface area (Å²) in [6, 6.07) is 6.10. The molecule has 0 radical (unpaired) electrons. The monoisotopic (exact) mass is 265 g/mol. The summed E-state index contributed by atoms with van der Waals surface area (Å²) in [5, 5.41) is 8.61. The first-order valence-electron chi connectivity index (χ1n) is 6.20. The Morgan fingerprint density at radius 2 is 1.89 bits per heavy atom. The van der Waals surface area contributed by atoms with E-state index >= 15 is 0 Å². The Balaban J connectivity index is 2.32. The van der Waals surface area contributed by atoms with E-state index in [-0.39, 0.29) is 5.78 Å². The highest BCUT2D eigenvalue weighted by Gasteiger charge is 2.11. The number of rotatable bonds is 8. The number of ketones is 1. The smallest absolute Gasteiger partial charge is 0.320 e. The van der Waals surface area contributed by atoms with Gasteiger partial charge in [-0.25, -0.2) is 0 Å². The van der Waals surface area contributed by atoms with E-state index in [4.69, 9.17) is 15.6 Å². The van der Waals surface area contributed by atoms with E-state index < -0.39 is 12.0 Å². The number of nitrogens with two attached hydrogens (primary N) is 1. The van der Waals surface area contributed by atoms with Gasteiger partial charge in [-0.3, -0.25) is 9.59 Å².